The van der Waals surface area contributed by atoms with Crippen LogP contribution < -0.4 is 14.2 Å². The standard InChI is InChI=1S/C24H21NO7/c1-27-21-10-15(11-22(28-2)24(21)29-3)8-9-23(26)30-14-17-13-20(32-25-17)19-12-16-6-4-5-7-18(16)31-19/h4-13H,14H2,1-3H3. The summed E-state index contributed by atoms with van der Waals surface area (Å²) in [6.07, 6.45) is 2.90. The molecule has 0 saturated heterocycles. The molecule has 0 atom stereocenters. The van der Waals surface area contributed by atoms with Gasteiger partial charge in [-0.1, -0.05) is 23.4 Å². The zero-order chi connectivity index (χ0) is 22.5. The minimum absolute atomic E-state index is 0.0395. The first-order chi connectivity index (χ1) is 15.6. The van der Waals surface area contributed by atoms with E-state index in [1.54, 1.807) is 24.3 Å². The van der Waals surface area contributed by atoms with Crippen molar-refractivity contribution in [2.75, 3.05) is 21.3 Å². The van der Waals surface area contributed by atoms with E-state index >= 15 is 0 Å². The molecule has 164 valence electrons. The van der Waals surface area contributed by atoms with Crippen molar-refractivity contribution in [2.24, 2.45) is 0 Å². The maximum absolute atomic E-state index is 12.1. The number of rotatable bonds is 8. The van der Waals surface area contributed by atoms with Gasteiger partial charge in [0, 0.05) is 17.5 Å². The molecule has 2 heterocycles. The number of fused-ring (bicyclic) bond motifs is 1. The fraction of sp³-hybridized carbons (Fsp3) is 0.167. The van der Waals surface area contributed by atoms with E-state index in [0.29, 0.717) is 40.0 Å². The molecule has 0 unspecified atom stereocenters. The second-order valence-corrected chi connectivity index (χ2v) is 6.73. The third-order valence-corrected chi connectivity index (χ3v) is 4.69. The van der Waals surface area contributed by atoms with Crippen molar-refractivity contribution >= 4 is 23.0 Å². The predicted molar refractivity (Wildman–Crippen MR) is 117 cm³/mol. The average Bonchev–Trinajstić information content (AvgIpc) is 3.47. The van der Waals surface area contributed by atoms with Gasteiger partial charge in [-0.2, -0.15) is 0 Å². The van der Waals surface area contributed by atoms with E-state index in [-0.39, 0.29) is 6.61 Å². The van der Waals surface area contributed by atoms with Crippen LogP contribution in [0.1, 0.15) is 11.3 Å². The number of methoxy groups -OCH3 is 3. The molecular weight excluding hydrogens is 414 g/mol. The van der Waals surface area contributed by atoms with Gasteiger partial charge in [0.25, 0.3) is 0 Å². The number of nitrogens with zero attached hydrogens (tertiary/aromatic N) is 1. The van der Waals surface area contributed by atoms with Crippen LogP contribution in [0.25, 0.3) is 28.6 Å². The number of esters is 1. The third-order valence-electron chi connectivity index (χ3n) is 4.69. The first-order valence-corrected chi connectivity index (χ1v) is 9.70. The molecule has 0 aliphatic heterocycles. The Hall–Kier alpha value is -4.20. The van der Waals surface area contributed by atoms with E-state index in [0.717, 1.165) is 11.0 Å². The summed E-state index contributed by atoms with van der Waals surface area (Å²) in [5.74, 6) is 1.92. The lowest BCUT2D eigenvalue weighted by molar-refractivity contribution is -0.139. The number of ether oxygens (including phenoxy) is 4. The number of carbonyl (C=O) groups excluding carboxylic acids is 1. The van der Waals surface area contributed by atoms with Crippen LogP contribution in [0.5, 0.6) is 17.2 Å². The predicted octanol–water partition coefficient (Wildman–Crippen LogP) is 4.87. The summed E-state index contributed by atoms with van der Waals surface area (Å²) in [4.78, 5) is 12.1. The Morgan fingerprint density at radius 3 is 2.41 bits per heavy atom. The zero-order valence-corrected chi connectivity index (χ0v) is 17.8. The Balaban J connectivity index is 1.40. The van der Waals surface area contributed by atoms with Crippen molar-refractivity contribution in [1.29, 1.82) is 0 Å². The number of benzene rings is 2. The van der Waals surface area contributed by atoms with Crippen LogP contribution in [-0.2, 0) is 16.1 Å². The van der Waals surface area contributed by atoms with Crippen molar-refractivity contribution in [3.8, 4) is 28.8 Å². The summed E-state index contributed by atoms with van der Waals surface area (Å²) in [5.41, 5.74) is 1.91. The van der Waals surface area contributed by atoms with Gasteiger partial charge >= 0.3 is 5.97 Å². The van der Waals surface area contributed by atoms with Crippen LogP contribution in [0, 0.1) is 0 Å². The highest BCUT2D eigenvalue weighted by Gasteiger charge is 2.14. The van der Waals surface area contributed by atoms with Gasteiger partial charge in [0.1, 0.15) is 17.9 Å². The summed E-state index contributed by atoms with van der Waals surface area (Å²) >= 11 is 0. The van der Waals surface area contributed by atoms with Crippen LogP contribution in [0.4, 0.5) is 0 Å². The lowest BCUT2D eigenvalue weighted by Gasteiger charge is -2.12. The van der Waals surface area contributed by atoms with Crippen LogP contribution in [0.2, 0.25) is 0 Å². The van der Waals surface area contributed by atoms with Crippen molar-refractivity contribution in [1.82, 2.24) is 5.16 Å². The molecular formula is C24H21NO7. The van der Waals surface area contributed by atoms with Gasteiger partial charge in [-0.05, 0) is 35.9 Å². The lowest BCUT2D eigenvalue weighted by atomic mass is 10.1. The van der Waals surface area contributed by atoms with Gasteiger partial charge in [0.2, 0.25) is 11.5 Å². The van der Waals surface area contributed by atoms with E-state index in [9.17, 15) is 4.79 Å². The average molecular weight is 435 g/mol. The fourth-order valence-electron chi connectivity index (χ4n) is 3.15. The Bertz CT molecular complexity index is 1210. The molecule has 0 amide bonds. The van der Waals surface area contributed by atoms with Gasteiger partial charge < -0.3 is 27.9 Å². The molecule has 0 fully saturated rings. The molecule has 0 aliphatic carbocycles. The molecule has 2 aromatic carbocycles. The van der Waals surface area contributed by atoms with E-state index in [1.165, 1.54) is 27.4 Å². The van der Waals surface area contributed by atoms with Crippen LogP contribution in [0.3, 0.4) is 0 Å². The summed E-state index contributed by atoms with van der Waals surface area (Å²) < 4.78 is 32.2. The fourth-order valence-corrected chi connectivity index (χ4v) is 3.15. The van der Waals surface area contributed by atoms with Gasteiger partial charge in [-0.3, -0.25) is 0 Å². The minimum Gasteiger partial charge on any atom is -0.493 e. The Kier molecular flexibility index (Phi) is 6.12. The van der Waals surface area contributed by atoms with E-state index in [1.807, 2.05) is 30.3 Å². The van der Waals surface area contributed by atoms with Crippen molar-refractivity contribution in [3.05, 3.63) is 65.9 Å². The summed E-state index contributed by atoms with van der Waals surface area (Å²) in [5, 5.41) is 4.90. The topological polar surface area (TPSA) is 93.2 Å². The monoisotopic (exact) mass is 435 g/mol. The Labute approximate surface area is 183 Å². The highest BCUT2D eigenvalue weighted by molar-refractivity contribution is 5.87. The number of hydrogen-bond acceptors (Lipinski definition) is 8. The first kappa shape index (κ1) is 21.0. The number of furan rings is 1. The van der Waals surface area contributed by atoms with Gasteiger partial charge in [-0.15, -0.1) is 0 Å². The lowest BCUT2D eigenvalue weighted by Crippen LogP contribution is -2.01. The van der Waals surface area contributed by atoms with E-state index < -0.39 is 5.97 Å². The number of carbonyl (C=O) groups is 1. The SMILES string of the molecule is COc1cc(C=CC(=O)OCc2cc(-c3cc4ccccc4o3)on2)cc(OC)c1OC. The smallest absolute Gasteiger partial charge is 0.331 e. The van der Waals surface area contributed by atoms with E-state index in [2.05, 4.69) is 5.16 Å². The molecule has 0 radical (unpaired) electrons. The molecule has 0 spiro atoms. The summed E-state index contributed by atoms with van der Waals surface area (Å²) in [6.45, 7) is -0.0395. The van der Waals surface area contributed by atoms with Crippen LogP contribution in [0.15, 0.2) is 63.5 Å². The molecule has 0 aliphatic rings. The molecule has 2 aromatic heterocycles. The van der Waals surface area contributed by atoms with Gasteiger partial charge in [0.15, 0.2) is 17.3 Å². The molecule has 0 N–H and O–H groups in total. The molecule has 0 saturated carbocycles. The molecule has 4 aromatic rings. The van der Waals surface area contributed by atoms with Crippen molar-refractivity contribution in [3.63, 3.8) is 0 Å². The largest absolute Gasteiger partial charge is 0.493 e. The van der Waals surface area contributed by atoms with Gasteiger partial charge in [-0.25, -0.2) is 4.79 Å². The van der Waals surface area contributed by atoms with Gasteiger partial charge in [0.05, 0.1) is 21.3 Å². The summed E-state index contributed by atoms with van der Waals surface area (Å²) in [7, 11) is 4.57. The second-order valence-electron chi connectivity index (χ2n) is 6.73. The van der Waals surface area contributed by atoms with Crippen LogP contribution in [-0.4, -0.2) is 32.5 Å². The molecule has 4 rings (SSSR count). The molecule has 8 heteroatoms. The normalized spacial score (nSPS) is 11.1. The molecule has 32 heavy (non-hydrogen) atoms. The Morgan fingerprint density at radius 2 is 1.72 bits per heavy atom. The molecule has 8 nitrogen and oxygen atoms in total. The number of aromatic nitrogens is 1. The minimum atomic E-state index is -0.535. The maximum Gasteiger partial charge on any atom is 0.331 e. The second kappa shape index (κ2) is 9.30. The Morgan fingerprint density at radius 1 is 0.969 bits per heavy atom. The number of para-hydroxylation sites is 1. The van der Waals surface area contributed by atoms with E-state index in [4.69, 9.17) is 27.9 Å². The maximum atomic E-state index is 12.1. The van der Waals surface area contributed by atoms with Crippen LogP contribution >= 0.6 is 0 Å². The highest BCUT2D eigenvalue weighted by atomic mass is 16.5. The van der Waals surface area contributed by atoms with Crippen molar-refractivity contribution in [2.45, 2.75) is 6.61 Å². The number of hydrogen-bond donors (Lipinski definition) is 0. The zero-order valence-electron chi connectivity index (χ0n) is 17.8. The molecule has 0 bridgehead atoms. The van der Waals surface area contributed by atoms with Crippen molar-refractivity contribution < 1.29 is 32.7 Å². The summed E-state index contributed by atoms with van der Waals surface area (Å²) in [6, 6.07) is 14.6. The highest BCUT2D eigenvalue weighted by Crippen LogP contribution is 2.38. The third kappa shape index (κ3) is 4.44. The first-order valence-electron chi connectivity index (χ1n) is 9.70. The quantitative estimate of drug-likeness (QED) is 0.286.